The zero-order valence-electron chi connectivity index (χ0n) is 14.8. The van der Waals surface area contributed by atoms with Crippen molar-refractivity contribution in [2.45, 2.75) is 39.2 Å². The van der Waals surface area contributed by atoms with Gasteiger partial charge in [-0.1, -0.05) is 32.0 Å². The molecule has 0 radical (unpaired) electrons. The highest BCUT2D eigenvalue weighted by Gasteiger charge is 2.26. The lowest BCUT2D eigenvalue weighted by Crippen LogP contribution is -2.42. The third-order valence-electron chi connectivity index (χ3n) is 3.71. The van der Waals surface area contributed by atoms with Crippen LogP contribution in [0.5, 0.6) is 5.75 Å². The van der Waals surface area contributed by atoms with Crippen molar-refractivity contribution in [2.75, 3.05) is 33.5 Å². The van der Waals surface area contributed by atoms with Gasteiger partial charge in [-0.15, -0.1) is 0 Å². The first kappa shape index (κ1) is 19.5. The second kappa shape index (κ2) is 9.53. The van der Waals surface area contributed by atoms with Gasteiger partial charge in [0.25, 0.3) is 0 Å². The molecule has 0 aliphatic heterocycles. The molecule has 23 heavy (non-hydrogen) atoms. The molecule has 0 spiro atoms. The molecule has 5 heteroatoms. The third-order valence-corrected chi connectivity index (χ3v) is 3.71. The summed E-state index contributed by atoms with van der Waals surface area (Å²) in [7, 11) is 1.65. The summed E-state index contributed by atoms with van der Waals surface area (Å²) in [6.45, 7) is 9.90. The molecule has 1 aromatic carbocycles. The second-order valence-corrected chi connectivity index (χ2v) is 6.01. The van der Waals surface area contributed by atoms with Crippen LogP contribution in [0, 0.1) is 0 Å². The molecule has 0 aliphatic rings. The summed E-state index contributed by atoms with van der Waals surface area (Å²) >= 11 is 0. The molecule has 0 saturated carbocycles. The summed E-state index contributed by atoms with van der Waals surface area (Å²) in [6.07, 6.45) is -0.496. The molecule has 1 amide bonds. The predicted octanol–water partition coefficient (Wildman–Crippen LogP) is 2.53. The van der Waals surface area contributed by atoms with E-state index in [-0.39, 0.29) is 11.3 Å². The maximum atomic E-state index is 12.1. The minimum atomic E-state index is -0.496. The Labute approximate surface area is 139 Å². The van der Waals surface area contributed by atoms with Crippen molar-refractivity contribution in [3.63, 3.8) is 0 Å². The van der Waals surface area contributed by atoms with Gasteiger partial charge in [-0.3, -0.25) is 4.79 Å². The fourth-order valence-electron chi connectivity index (χ4n) is 2.25. The monoisotopic (exact) mass is 323 g/mol. The predicted molar refractivity (Wildman–Crippen MR) is 90.9 cm³/mol. The van der Waals surface area contributed by atoms with E-state index >= 15 is 0 Å². The van der Waals surface area contributed by atoms with Crippen LogP contribution in [-0.4, -0.2) is 45.5 Å². The number of hydrogen-bond acceptors (Lipinski definition) is 4. The lowest BCUT2D eigenvalue weighted by atomic mass is 9.84. The van der Waals surface area contributed by atoms with Crippen LogP contribution in [0.1, 0.15) is 33.3 Å². The van der Waals surface area contributed by atoms with E-state index < -0.39 is 6.10 Å². The summed E-state index contributed by atoms with van der Waals surface area (Å²) in [5.74, 6) is 0.706. The number of ether oxygens (including phenoxy) is 3. The highest BCUT2D eigenvalue weighted by atomic mass is 16.5. The van der Waals surface area contributed by atoms with Crippen molar-refractivity contribution < 1.29 is 19.0 Å². The van der Waals surface area contributed by atoms with Gasteiger partial charge in [-0.2, -0.15) is 0 Å². The molecule has 0 fully saturated rings. The van der Waals surface area contributed by atoms with Crippen LogP contribution in [0.15, 0.2) is 24.3 Å². The zero-order chi connectivity index (χ0) is 17.3. The smallest absolute Gasteiger partial charge is 0.248 e. The molecule has 0 unspecified atom stereocenters. The number of methoxy groups -OCH3 is 1. The number of carbonyl (C=O) groups is 1. The molecule has 1 aromatic rings. The van der Waals surface area contributed by atoms with Crippen molar-refractivity contribution in [3.05, 3.63) is 29.8 Å². The Kier molecular flexibility index (Phi) is 8.06. The van der Waals surface area contributed by atoms with Gasteiger partial charge in [-0.25, -0.2) is 0 Å². The van der Waals surface area contributed by atoms with E-state index in [1.807, 2.05) is 31.2 Å². The SMILES string of the molecule is CCOCCO[C@@H](C)C(=O)NCC(C)(C)c1ccccc1OC. The van der Waals surface area contributed by atoms with Gasteiger partial charge in [0.2, 0.25) is 5.91 Å². The van der Waals surface area contributed by atoms with E-state index in [1.54, 1.807) is 14.0 Å². The number of hydrogen-bond donors (Lipinski definition) is 1. The fourth-order valence-corrected chi connectivity index (χ4v) is 2.25. The van der Waals surface area contributed by atoms with Crippen LogP contribution >= 0.6 is 0 Å². The molecule has 1 N–H and O–H groups in total. The molecular weight excluding hydrogens is 294 g/mol. The molecule has 0 aromatic heterocycles. The van der Waals surface area contributed by atoms with E-state index in [9.17, 15) is 4.79 Å². The summed E-state index contributed by atoms with van der Waals surface area (Å²) in [4.78, 5) is 12.1. The van der Waals surface area contributed by atoms with Crippen molar-refractivity contribution in [3.8, 4) is 5.75 Å². The average Bonchev–Trinajstić information content (AvgIpc) is 2.56. The summed E-state index contributed by atoms with van der Waals surface area (Å²) in [6, 6.07) is 7.86. The van der Waals surface area contributed by atoms with Crippen LogP contribution in [0.2, 0.25) is 0 Å². The largest absolute Gasteiger partial charge is 0.496 e. The molecule has 130 valence electrons. The Balaban J connectivity index is 2.53. The van der Waals surface area contributed by atoms with Gasteiger partial charge in [-0.05, 0) is 19.9 Å². The van der Waals surface area contributed by atoms with Crippen LogP contribution in [0.25, 0.3) is 0 Å². The van der Waals surface area contributed by atoms with E-state index in [0.717, 1.165) is 11.3 Å². The summed E-state index contributed by atoms with van der Waals surface area (Å²) < 4.78 is 16.1. The van der Waals surface area contributed by atoms with E-state index in [4.69, 9.17) is 14.2 Å². The topological polar surface area (TPSA) is 56.8 Å². The van der Waals surface area contributed by atoms with E-state index in [2.05, 4.69) is 19.2 Å². The number of carbonyl (C=O) groups excluding carboxylic acids is 1. The van der Waals surface area contributed by atoms with Gasteiger partial charge in [0.05, 0.1) is 20.3 Å². The fraction of sp³-hybridized carbons (Fsp3) is 0.611. The van der Waals surface area contributed by atoms with Crippen LogP contribution in [0.4, 0.5) is 0 Å². The second-order valence-electron chi connectivity index (χ2n) is 6.01. The van der Waals surface area contributed by atoms with Gasteiger partial charge in [0.1, 0.15) is 11.9 Å². The highest BCUT2D eigenvalue weighted by Crippen LogP contribution is 2.30. The van der Waals surface area contributed by atoms with Crippen LogP contribution in [0.3, 0.4) is 0 Å². The lowest BCUT2D eigenvalue weighted by molar-refractivity contribution is -0.132. The Morgan fingerprint density at radius 3 is 2.61 bits per heavy atom. The molecule has 0 heterocycles. The first-order valence-corrected chi connectivity index (χ1v) is 8.03. The third kappa shape index (κ3) is 6.20. The molecule has 1 atom stereocenters. The molecule has 5 nitrogen and oxygen atoms in total. The Morgan fingerprint density at radius 2 is 1.96 bits per heavy atom. The Morgan fingerprint density at radius 1 is 1.26 bits per heavy atom. The average molecular weight is 323 g/mol. The Bertz CT molecular complexity index is 488. The number of rotatable bonds is 10. The standard InChI is InChI=1S/C18H29NO4/c1-6-22-11-12-23-14(2)17(20)19-13-18(3,4)15-9-7-8-10-16(15)21-5/h7-10,14H,6,11-13H2,1-5H3,(H,19,20)/t14-/m0/s1. The maximum absolute atomic E-state index is 12.1. The van der Waals surface area contributed by atoms with Gasteiger partial charge >= 0.3 is 0 Å². The van der Waals surface area contributed by atoms with Crippen molar-refractivity contribution in [2.24, 2.45) is 0 Å². The van der Waals surface area contributed by atoms with Gasteiger partial charge in [0.15, 0.2) is 0 Å². The number of amides is 1. The van der Waals surface area contributed by atoms with Crippen molar-refractivity contribution in [1.29, 1.82) is 0 Å². The summed E-state index contributed by atoms with van der Waals surface area (Å²) in [5, 5.41) is 2.95. The molecule has 0 aliphatic carbocycles. The first-order chi connectivity index (χ1) is 10.9. The first-order valence-electron chi connectivity index (χ1n) is 8.03. The van der Waals surface area contributed by atoms with Crippen molar-refractivity contribution >= 4 is 5.91 Å². The lowest BCUT2D eigenvalue weighted by Gasteiger charge is -2.28. The van der Waals surface area contributed by atoms with Crippen LogP contribution < -0.4 is 10.1 Å². The molecule has 1 rings (SSSR count). The molecular formula is C18H29NO4. The zero-order valence-corrected chi connectivity index (χ0v) is 14.8. The van der Waals surface area contributed by atoms with E-state index in [1.165, 1.54) is 0 Å². The minimum Gasteiger partial charge on any atom is -0.496 e. The summed E-state index contributed by atoms with van der Waals surface area (Å²) in [5.41, 5.74) is 0.820. The van der Waals surface area contributed by atoms with Gasteiger partial charge < -0.3 is 19.5 Å². The number of para-hydroxylation sites is 1. The Hall–Kier alpha value is -1.59. The van der Waals surface area contributed by atoms with Crippen LogP contribution in [-0.2, 0) is 19.7 Å². The molecule has 0 saturated heterocycles. The van der Waals surface area contributed by atoms with Gasteiger partial charge in [0, 0.05) is 24.1 Å². The molecule has 0 bridgehead atoms. The highest BCUT2D eigenvalue weighted by molar-refractivity contribution is 5.80. The number of nitrogens with one attached hydrogen (secondary N) is 1. The quantitative estimate of drug-likeness (QED) is 0.672. The normalized spacial score (nSPS) is 12.7. The number of benzene rings is 1. The minimum absolute atomic E-state index is 0.121. The van der Waals surface area contributed by atoms with Crippen molar-refractivity contribution in [1.82, 2.24) is 5.32 Å². The van der Waals surface area contributed by atoms with E-state index in [0.29, 0.717) is 26.4 Å². The maximum Gasteiger partial charge on any atom is 0.248 e.